The van der Waals surface area contributed by atoms with Gasteiger partial charge in [0.25, 0.3) is 5.91 Å². The first kappa shape index (κ1) is 23.4. The zero-order valence-corrected chi connectivity index (χ0v) is 20.7. The van der Waals surface area contributed by atoms with Crippen molar-refractivity contribution in [2.75, 3.05) is 30.0 Å². The molecule has 1 atom stereocenters. The Bertz CT molecular complexity index is 1670. The van der Waals surface area contributed by atoms with Gasteiger partial charge in [0.1, 0.15) is 19.0 Å². The topological polar surface area (TPSA) is 112 Å². The normalized spacial score (nSPS) is 18.2. The van der Waals surface area contributed by atoms with Gasteiger partial charge in [0.2, 0.25) is 0 Å². The third kappa shape index (κ3) is 4.29. The number of fused-ring (bicyclic) bond motifs is 2. The number of sulfone groups is 1. The van der Waals surface area contributed by atoms with Gasteiger partial charge in [0.05, 0.1) is 39.9 Å². The molecule has 1 N–H and O–H groups in total. The summed E-state index contributed by atoms with van der Waals surface area (Å²) in [5.74, 6) is 0.196. The Morgan fingerprint density at radius 2 is 1.89 bits per heavy atom. The number of aryl methyl sites for hydroxylation is 1. The number of amides is 1. The number of benzene rings is 2. The van der Waals surface area contributed by atoms with E-state index in [2.05, 4.69) is 15.4 Å². The molecule has 9 nitrogen and oxygen atoms in total. The number of nitrogens with one attached hydrogen (secondary N) is 1. The van der Waals surface area contributed by atoms with Crippen LogP contribution in [-0.4, -0.2) is 53.8 Å². The number of hydrogen-bond donors (Lipinski definition) is 1. The summed E-state index contributed by atoms with van der Waals surface area (Å²) in [6.07, 6.45) is 0.392. The van der Waals surface area contributed by atoms with E-state index in [4.69, 9.17) is 9.47 Å². The molecule has 4 heterocycles. The predicted octanol–water partition coefficient (Wildman–Crippen LogP) is 3.93. The lowest BCUT2D eigenvalue weighted by molar-refractivity contribution is 0.102. The molecule has 2 aliphatic heterocycles. The molecular formula is C26H23FN4O5S. The van der Waals surface area contributed by atoms with E-state index >= 15 is 0 Å². The van der Waals surface area contributed by atoms with E-state index < -0.39 is 27.6 Å². The van der Waals surface area contributed by atoms with Crippen molar-refractivity contribution in [3.8, 4) is 22.8 Å². The number of pyridine rings is 1. The minimum Gasteiger partial charge on any atom is -0.486 e. The summed E-state index contributed by atoms with van der Waals surface area (Å²) in [7, 11) is -3.20. The summed E-state index contributed by atoms with van der Waals surface area (Å²) in [6, 6.07) is 12.4. The van der Waals surface area contributed by atoms with Crippen LogP contribution >= 0.6 is 0 Å². The van der Waals surface area contributed by atoms with Crippen molar-refractivity contribution < 1.29 is 27.1 Å². The number of halogens is 1. The van der Waals surface area contributed by atoms with Crippen LogP contribution in [-0.2, 0) is 9.84 Å². The molecule has 0 aliphatic carbocycles. The maximum Gasteiger partial charge on any atom is 0.256 e. The average Bonchev–Trinajstić information content (AvgIpc) is 3.42. The lowest BCUT2D eigenvalue weighted by Crippen LogP contribution is -2.17. The maximum absolute atomic E-state index is 14.8. The fraction of sp³-hybridized carbons (Fsp3) is 0.269. The lowest BCUT2D eigenvalue weighted by Gasteiger charge is -2.19. The van der Waals surface area contributed by atoms with E-state index in [0.29, 0.717) is 53.5 Å². The van der Waals surface area contributed by atoms with Crippen molar-refractivity contribution in [3.05, 3.63) is 65.6 Å². The molecule has 2 aromatic heterocycles. The van der Waals surface area contributed by atoms with Gasteiger partial charge in [0, 0.05) is 17.3 Å². The van der Waals surface area contributed by atoms with Gasteiger partial charge in [-0.05, 0) is 43.7 Å². The molecule has 1 saturated heterocycles. The second kappa shape index (κ2) is 8.84. The number of ether oxygens (including phenoxy) is 2. The first-order valence-corrected chi connectivity index (χ1v) is 13.7. The highest BCUT2D eigenvalue weighted by Crippen LogP contribution is 2.35. The predicted molar refractivity (Wildman–Crippen MR) is 135 cm³/mol. The number of rotatable bonds is 4. The Morgan fingerprint density at radius 1 is 1.11 bits per heavy atom. The van der Waals surface area contributed by atoms with Crippen molar-refractivity contribution in [3.63, 3.8) is 0 Å². The number of carbonyl (C=O) groups is 1. The zero-order chi connectivity index (χ0) is 25.7. The fourth-order valence-electron chi connectivity index (χ4n) is 4.84. The van der Waals surface area contributed by atoms with Crippen LogP contribution in [0.1, 0.15) is 28.5 Å². The van der Waals surface area contributed by atoms with E-state index in [0.717, 1.165) is 0 Å². The summed E-state index contributed by atoms with van der Waals surface area (Å²) in [5, 5.41) is 7.95. The molecule has 2 aromatic carbocycles. The van der Waals surface area contributed by atoms with E-state index in [1.54, 1.807) is 54.1 Å². The molecule has 4 aromatic rings. The van der Waals surface area contributed by atoms with Gasteiger partial charge in [-0.1, -0.05) is 12.1 Å². The van der Waals surface area contributed by atoms with Crippen LogP contribution in [0.3, 0.4) is 0 Å². The minimum absolute atomic E-state index is 0.0581. The van der Waals surface area contributed by atoms with Crippen LogP contribution in [0.25, 0.3) is 22.3 Å². The molecule has 190 valence electrons. The SMILES string of the molecule is Cc1nn(C2CCS(=O)(=O)C2)c2nc(-c3ccccc3F)cc(C(=O)Nc3ccc4c(c3)OCCO4)c12. The monoisotopic (exact) mass is 522 g/mol. The summed E-state index contributed by atoms with van der Waals surface area (Å²) >= 11 is 0. The fourth-order valence-corrected chi connectivity index (χ4v) is 6.53. The highest BCUT2D eigenvalue weighted by molar-refractivity contribution is 7.91. The van der Waals surface area contributed by atoms with Crippen molar-refractivity contribution in [2.45, 2.75) is 19.4 Å². The molecule has 0 saturated carbocycles. The van der Waals surface area contributed by atoms with Crippen LogP contribution in [0.4, 0.5) is 10.1 Å². The molecule has 1 unspecified atom stereocenters. The number of carbonyl (C=O) groups excluding carboxylic acids is 1. The lowest BCUT2D eigenvalue weighted by atomic mass is 10.0. The Hall–Kier alpha value is -3.99. The third-order valence-corrected chi connectivity index (χ3v) is 8.34. The Labute approximate surface area is 212 Å². The largest absolute Gasteiger partial charge is 0.486 e. The van der Waals surface area contributed by atoms with E-state index in [1.807, 2.05) is 0 Å². The number of anilines is 1. The van der Waals surface area contributed by atoms with Crippen molar-refractivity contribution in [2.24, 2.45) is 0 Å². The number of aromatic nitrogens is 3. The molecule has 1 fully saturated rings. The van der Waals surface area contributed by atoms with Crippen LogP contribution in [0.15, 0.2) is 48.5 Å². The molecule has 2 aliphatic rings. The smallest absolute Gasteiger partial charge is 0.256 e. The van der Waals surface area contributed by atoms with Gasteiger partial charge >= 0.3 is 0 Å². The molecule has 0 radical (unpaired) electrons. The van der Waals surface area contributed by atoms with Crippen molar-refractivity contribution >= 4 is 32.5 Å². The van der Waals surface area contributed by atoms with Crippen LogP contribution in [0.2, 0.25) is 0 Å². The zero-order valence-electron chi connectivity index (χ0n) is 19.9. The standard InChI is InChI=1S/C26H23FN4O5S/c1-15-24-19(26(32)28-16-6-7-22-23(12-16)36-10-9-35-22)13-21(18-4-2-3-5-20(18)27)29-25(24)31(30-15)17-8-11-37(33,34)14-17/h2-7,12-13,17H,8-11,14H2,1H3,(H,28,32). The van der Waals surface area contributed by atoms with E-state index in [1.165, 1.54) is 6.07 Å². The van der Waals surface area contributed by atoms with Crippen molar-refractivity contribution in [1.82, 2.24) is 14.8 Å². The molecule has 6 rings (SSSR count). The average molecular weight is 523 g/mol. The van der Waals surface area contributed by atoms with Crippen molar-refractivity contribution in [1.29, 1.82) is 0 Å². The van der Waals surface area contributed by atoms with Gasteiger partial charge in [0.15, 0.2) is 27.0 Å². The quantitative estimate of drug-likeness (QED) is 0.432. The molecule has 1 amide bonds. The number of nitrogens with zero attached hydrogens (tertiary/aromatic N) is 3. The van der Waals surface area contributed by atoms with E-state index in [-0.39, 0.29) is 28.3 Å². The van der Waals surface area contributed by atoms with Crippen LogP contribution < -0.4 is 14.8 Å². The van der Waals surface area contributed by atoms with Gasteiger partial charge in [-0.15, -0.1) is 0 Å². The highest BCUT2D eigenvalue weighted by atomic mass is 32.2. The Morgan fingerprint density at radius 3 is 2.65 bits per heavy atom. The van der Waals surface area contributed by atoms with E-state index in [9.17, 15) is 17.6 Å². The molecular weight excluding hydrogens is 499 g/mol. The molecule has 0 spiro atoms. The molecule has 11 heteroatoms. The Kier molecular flexibility index (Phi) is 5.59. The maximum atomic E-state index is 14.8. The molecule has 0 bridgehead atoms. The van der Waals surface area contributed by atoms with Crippen LogP contribution in [0, 0.1) is 12.7 Å². The Balaban J connectivity index is 1.48. The minimum atomic E-state index is -3.20. The summed E-state index contributed by atoms with van der Waals surface area (Å²) in [4.78, 5) is 18.3. The van der Waals surface area contributed by atoms with Gasteiger partial charge in [-0.3, -0.25) is 4.79 Å². The second-order valence-electron chi connectivity index (χ2n) is 9.13. The third-order valence-electron chi connectivity index (χ3n) is 6.59. The van der Waals surface area contributed by atoms with Crippen LogP contribution in [0.5, 0.6) is 11.5 Å². The van der Waals surface area contributed by atoms with Gasteiger partial charge < -0.3 is 14.8 Å². The van der Waals surface area contributed by atoms with Gasteiger partial charge in [-0.25, -0.2) is 22.5 Å². The first-order chi connectivity index (χ1) is 17.8. The summed E-state index contributed by atoms with van der Waals surface area (Å²) in [5.41, 5.74) is 2.09. The highest BCUT2D eigenvalue weighted by Gasteiger charge is 2.32. The van der Waals surface area contributed by atoms with Gasteiger partial charge in [-0.2, -0.15) is 5.10 Å². The summed E-state index contributed by atoms with van der Waals surface area (Å²) in [6.45, 7) is 2.61. The molecule has 37 heavy (non-hydrogen) atoms. The number of hydrogen-bond acceptors (Lipinski definition) is 7. The summed E-state index contributed by atoms with van der Waals surface area (Å²) < 4.78 is 51.8. The first-order valence-electron chi connectivity index (χ1n) is 11.9. The second-order valence-corrected chi connectivity index (χ2v) is 11.4.